The molecule has 1 amide bonds. The van der Waals surface area contributed by atoms with E-state index >= 15 is 0 Å². The van der Waals surface area contributed by atoms with Crippen LogP contribution in [0.4, 0.5) is 0 Å². The zero-order valence-electron chi connectivity index (χ0n) is 18.2. The predicted octanol–water partition coefficient (Wildman–Crippen LogP) is 4.14. The Morgan fingerprint density at radius 1 is 0.871 bits per heavy atom. The van der Waals surface area contributed by atoms with Crippen LogP contribution >= 0.6 is 0 Å². The van der Waals surface area contributed by atoms with Crippen molar-refractivity contribution in [2.75, 3.05) is 13.3 Å². The molecular weight excluding hydrogens is 408 g/mol. The van der Waals surface area contributed by atoms with Gasteiger partial charge in [0.25, 0.3) is 0 Å². The molecule has 0 aromatic heterocycles. The largest absolute Gasteiger partial charge is 0.343 e. The highest BCUT2D eigenvalue weighted by atomic mass is 32.2. The Labute approximate surface area is 184 Å². The first-order valence-corrected chi connectivity index (χ1v) is 11.9. The van der Waals surface area contributed by atoms with Crippen molar-refractivity contribution in [2.45, 2.75) is 25.9 Å². The molecule has 3 aromatic carbocycles. The number of hydrogen-bond acceptors (Lipinski definition) is 3. The Bertz CT molecular complexity index is 1150. The van der Waals surface area contributed by atoms with E-state index in [0.29, 0.717) is 5.56 Å². The summed E-state index contributed by atoms with van der Waals surface area (Å²) in [6.07, 6.45) is 1.11. The minimum Gasteiger partial charge on any atom is -0.343 e. The quantitative estimate of drug-likeness (QED) is 0.605. The van der Waals surface area contributed by atoms with E-state index in [0.717, 1.165) is 32.8 Å². The summed E-state index contributed by atoms with van der Waals surface area (Å²) in [5.41, 5.74) is 4.70. The highest BCUT2D eigenvalue weighted by Gasteiger charge is 2.32. The third-order valence-corrected chi connectivity index (χ3v) is 6.66. The summed E-state index contributed by atoms with van der Waals surface area (Å²) >= 11 is 0. The molecule has 0 fully saturated rings. The molecule has 0 heterocycles. The number of sulfonamides is 1. The average molecular weight is 437 g/mol. The zero-order valence-corrected chi connectivity index (χ0v) is 19.1. The first-order chi connectivity index (χ1) is 14.7. The number of carbonyl (C=O) groups excluding carboxylic acids is 1. The predicted molar refractivity (Wildman–Crippen MR) is 124 cm³/mol. The molecule has 0 bridgehead atoms. The number of rotatable bonds is 7. The summed E-state index contributed by atoms with van der Waals surface area (Å²) in [5.74, 6) is -0.382. The van der Waals surface area contributed by atoms with Gasteiger partial charge >= 0.3 is 0 Å². The van der Waals surface area contributed by atoms with E-state index in [2.05, 4.69) is 11.4 Å². The molecule has 3 rings (SSSR count). The molecule has 0 spiro atoms. The van der Waals surface area contributed by atoms with Gasteiger partial charge in [-0.3, -0.25) is 4.79 Å². The Kier molecular flexibility index (Phi) is 6.93. The van der Waals surface area contributed by atoms with Crippen LogP contribution in [0, 0.1) is 13.8 Å². The van der Waals surface area contributed by atoms with Crippen LogP contribution in [0.5, 0.6) is 0 Å². The lowest BCUT2D eigenvalue weighted by molar-refractivity contribution is -0.125. The Balaban J connectivity index is 2.05. The molecule has 0 aliphatic carbocycles. The van der Waals surface area contributed by atoms with E-state index < -0.39 is 22.1 Å². The second kappa shape index (κ2) is 9.45. The number of likely N-dealkylation sites (N-methyl/N-ethyl adjacent to an activating group) is 1. The van der Waals surface area contributed by atoms with Crippen LogP contribution in [-0.2, 0) is 14.8 Å². The van der Waals surface area contributed by atoms with Crippen molar-refractivity contribution < 1.29 is 13.2 Å². The number of nitrogens with one attached hydrogen (secondary N) is 1. The summed E-state index contributed by atoms with van der Waals surface area (Å²) < 4.78 is 25.7. The normalized spacial score (nSPS) is 13.6. The monoisotopic (exact) mass is 436 g/mol. The highest BCUT2D eigenvalue weighted by molar-refractivity contribution is 7.88. The molecular formula is C25H28N2O3S. The number of hydrogen-bond donors (Lipinski definition) is 1. The maximum atomic E-state index is 13.5. The van der Waals surface area contributed by atoms with Crippen LogP contribution in [0.15, 0.2) is 78.9 Å². The fourth-order valence-corrected chi connectivity index (χ4v) is 4.31. The van der Waals surface area contributed by atoms with Crippen molar-refractivity contribution in [3.63, 3.8) is 0 Å². The molecule has 0 saturated heterocycles. The maximum Gasteiger partial charge on any atom is 0.243 e. The van der Waals surface area contributed by atoms with Crippen molar-refractivity contribution in [1.82, 2.24) is 9.62 Å². The smallest absolute Gasteiger partial charge is 0.243 e. The van der Waals surface area contributed by atoms with Gasteiger partial charge in [0.05, 0.1) is 12.3 Å². The molecule has 162 valence electrons. The highest BCUT2D eigenvalue weighted by Crippen LogP contribution is 2.28. The number of carbonyl (C=O) groups is 1. The number of benzene rings is 3. The molecule has 2 atom stereocenters. The van der Waals surface area contributed by atoms with Gasteiger partial charge in [-0.15, -0.1) is 0 Å². The van der Waals surface area contributed by atoms with Gasteiger partial charge in [0, 0.05) is 7.05 Å². The van der Waals surface area contributed by atoms with Gasteiger partial charge in [0.2, 0.25) is 15.9 Å². The summed E-state index contributed by atoms with van der Waals surface area (Å²) in [4.78, 5) is 13.5. The first-order valence-electron chi connectivity index (χ1n) is 10.1. The second-order valence-corrected chi connectivity index (χ2v) is 9.85. The first kappa shape index (κ1) is 22.7. The van der Waals surface area contributed by atoms with Crippen LogP contribution in [0.3, 0.4) is 0 Å². The molecule has 0 radical (unpaired) electrons. The van der Waals surface area contributed by atoms with Crippen molar-refractivity contribution in [3.8, 4) is 0 Å². The molecule has 0 aliphatic heterocycles. The van der Waals surface area contributed by atoms with Crippen molar-refractivity contribution in [2.24, 2.45) is 0 Å². The minimum absolute atomic E-state index is 0.382. The summed E-state index contributed by atoms with van der Waals surface area (Å²) in [6, 6.07) is 23.4. The topological polar surface area (TPSA) is 66.5 Å². The molecule has 0 unspecified atom stereocenters. The van der Waals surface area contributed by atoms with E-state index in [1.807, 2.05) is 62.4 Å². The fourth-order valence-electron chi connectivity index (χ4n) is 3.71. The number of nitrogens with zero attached hydrogens (tertiary/aromatic N) is 1. The molecule has 1 N–H and O–H groups in total. The van der Waals surface area contributed by atoms with E-state index in [9.17, 15) is 13.2 Å². The summed E-state index contributed by atoms with van der Waals surface area (Å²) in [5, 5.41) is 3.12. The Morgan fingerprint density at radius 2 is 1.42 bits per heavy atom. The van der Waals surface area contributed by atoms with Gasteiger partial charge in [-0.2, -0.15) is 4.31 Å². The van der Waals surface area contributed by atoms with Crippen LogP contribution < -0.4 is 5.32 Å². The number of aryl methyl sites for hydroxylation is 2. The number of amides is 1. The fraction of sp³-hybridized carbons (Fsp3) is 0.240. The molecule has 3 aromatic rings. The van der Waals surface area contributed by atoms with Gasteiger partial charge in [0.1, 0.15) is 6.04 Å². The van der Waals surface area contributed by atoms with Gasteiger partial charge in [-0.25, -0.2) is 8.42 Å². The Hall–Kier alpha value is -2.96. The van der Waals surface area contributed by atoms with Crippen molar-refractivity contribution in [3.05, 3.63) is 107 Å². The van der Waals surface area contributed by atoms with Gasteiger partial charge < -0.3 is 5.32 Å². The van der Waals surface area contributed by atoms with Gasteiger partial charge in [-0.05, 0) is 36.1 Å². The van der Waals surface area contributed by atoms with E-state index in [4.69, 9.17) is 0 Å². The lowest BCUT2D eigenvalue weighted by Crippen LogP contribution is -2.42. The SMILES string of the molecule is Cc1ccc([C@@H](NC(=O)[C@@H](c2ccccc2)N(C)S(C)(=O)=O)c2ccccc2)c(C)c1. The van der Waals surface area contributed by atoms with Crippen molar-refractivity contribution >= 4 is 15.9 Å². The zero-order chi connectivity index (χ0) is 22.6. The minimum atomic E-state index is -3.60. The molecule has 0 aliphatic rings. The Morgan fingerprint density at radius 3 is 1.94 bits per heavy atom. The second-order valence-electron chi connectivity index (χ2n) is 7.80. The third kappa shape index (κ3) is 5.40. The van der Waals surface area contributed by atoms with E-state index in [1.54, 1.807) is 24.3 Å². The third-order valence-electron chi connectivity index (χ3n) is 5.41. The molecule has 6 heteroatoms. The molecule has 5 nitrogen and oxygen atoms in total. The van der Waals surface area contributed by atoms with E-state index in [1.165, 1.54) is 7.05 Å². The van der Waals surface area contributed by atoms with E-state index in [-0.39, 0.29) is 5.91 Å². The lowest BCUT2D eigenvalue weighted by Gasteiger charge is -2.29. The van der Waals surface area contributed by atoms with Crippen LogP contribution in [-0.4, -0.2) is 31.9 Å². The standard InChI is InChI=1S/C25H28N2O3S/c1-18-15-16-22(19(2)17-18)23(20-11-7-5-8-12-20)26-25(28)24(27(3)31(4,29)30)21-13-9-6-10-14-21/h5-17,23-24H,1-4H3,(H,26,28)/t23-,24+/m0/s1. The van der Waals surface area contributed by atoms with Crippen LogP contribution in [0.2, 0.25) is 0 Å². The summed E-state index contributed by atoms with van der Waals surface area (Å²) in [6.45, 7) is 4.04. The maximum absolute atomic E-state index is 13.5. The van der Waals surface area contributed by atoms with Crippen molar-refractivity contribution in [1.29, 1.82) is 0 Å². The van der Waals surface area contributed by atoms with Crippen LogP contribution in [0.1, 0.15) is 39.9 Å². The summed E-state index contributed by atoms with van der Waals surface area (Å²) in [7, 11) is -2.17. The molecule has 0 saturated carbocycles. The van der Waals surface area contributed by atoms with Gasteiger partial charge in [0.15, 0.2) is 0 Å². The lowest BCUT2D eigenvalue weighted by atomic mass is 9.93. The molecule has 31 heavy (non-hydrogen) atoms. The van der Waals surface area contributed by atoms with Gasteiger partial charge in [-0.1, -0.05) is 84.4 Å². The average Bonchev–Trinajstić information content (AvgIpc) is 2.73. The van der Waals surface area contributed by atoms with Crippen LogP contribution in [0.25, 0.3) is 0 Å².